The number of hydrogen-bond acceptors (Lipinski definition) is 2. The highest BCUT2D eigenvalue weighted by Gasteiger charge is 2.10. The molecule has 0 unspecified atom stereocenters. The molecule has 0 aliphatic rings. The van der Waals surface area contributed by atoms with Gasteiger partial charge in [-0.3, -0.25) is 0 Å². The summed E-state index contributed by atoms with van der Waals surface area (Å²) in [5.74, 6) is 0. The van der Waals surface area contributed by atoms with Crippen molar-refractivity contribution < 1.29 is 4.57 Å². The summed E-state index contributed by atoms with van der Waals surface area (Å²) < 4.78 is 6.19. The molecule has 14 heavy (non-hydrogen) atoms. The van der Waals surface area contributed by atoms with Crippen molar-refractivity contribution in [1.29, 1.82) is 0 Å². The Hall–Kier alpha value is -1.68. The summed E-state index contributed by atoms with van der Waals surface area (Å²) in [5, 5.41) is 2.03. The van der Waals surface area contributed by atoms with Gasteiger partial charge in [0, 0.05) is 0 Å². The van der Waals surface area contributed by atoms with Crippen molar-refractivity contribution in [3.63, 3.8) is 0 Å². The van der Waals surface area contributed by atoms with E-state index in [1.807, 2.05) is 30.0 Å². The summed E-state index contributed by atoms with van der Waals surface area (Å²) in [6.07, 6.45) is 3.82. The van der Waals surface area contributed by atoms with Crippen molar-refractivity contribution >= 4 is 22.6 Å². The average Bonchev–Trinajstić information content (AvgIpc) is 2.85. The number of nitrogens with one attached hydrogen (secondary N) is 1. The van der Waals surface area contributed by atoms with Crippen LogP contribution in [-0.4, -0.2) is 9.36 Å². The molecule has 0 atom stereocenters. The van der Waals surface area contributed by atoms with E-state index < -0.39 is 0 Å². The average molecular weight is 202 g/mol. The zero-order valence-corrected chi connectivity index (χ0v) is 8.16. The van der Waals surface area contributed by atoms with Gasteiger partial charge < -0.3 is 0 Å². The summed E-state index contributed by atoms with van der Waals surface area (Å²) in [5.41, 5.74) is 3.42. The lowest BCUT2D eigenvalue weighted by Crippen LogP contribution is -2.27. The van der Waals surface area contributed by atoms with Gasteiger partial charge in [-0.05, 0) is 23.7 Å². The lowest BCUT2D eigenvalue weighted by atomic mass is 10.3. The van der Waals surface area contributed by atoms with Gasteiger partial charge in [-0.15, -0.1) is 0 Å². The first-order valence-corrected chi connectivity index (χ1v) is 5.16. The molecule has 0 saturated carbocycles. The van der Waals surface area contributed by atoms with Gasteiger partial charge in [0.15, 0.2) is 16.7 Å². The van der Waals surface area contributed by atoms with Crippen LogP contribution in [0.2, 0.25) is 0 Å². The first kappa shape index (κ1) is 7.70. The fourth-order valence-corrected chi connectivity index (χ4v) is 2.05. The normalized spacial score (nSPS) is 10.9. The monoisotopic (exact) mass is 202 g/mol. The molecule has 0 aliphatic heterocycles. The Morgan fingerprint density at radius 2 is 2.21 bits per heavy atom. The Morgan fingerprint density at radius 3 is 3.07 bits per heavy atom. The maximum absolute atomic E-state index is 4.09. The van der Waals surface area contributed by atoms with Crippen molar-refractivity contribution in [2.45, 2.75) is 0 Å². The van der Waals surface area contributed by atoms with Crippen LogP contribution in [0.4, 0.5) is 0 Å². The highest BCUT2D eigenvalue weighted by atomic mass is 32.1. The van der Waals surface area contributed by atoms with E-state index in [2.05, 4.69) is 26.1 Å². The van der Waals surface area contributed by atoms with Gasteiger partial charge >= 0.3 is 0 Å². The number of aromatic amines is 1. The zero-order chi connectivity index (χ0) is 9.38. The number of imidazole rings is 1. The third-order valence-electron chi connectivity index (χ3n) is 2.21. The van der Waals surface area contributed by atoms with Crippen LogP contribution in [0.5, 0.6) is 0 Å². The van der Waals surface area contributed by atoms with Crippen molar-refractivity contribution in [3.05, 3.63) is 42.2 Å². The Labute approximate surface area is 84.8 Å². The number of benzene rings is 1. The van der Waals surface area contributed by atoms with Gasteiger partial charge in [0.2, 0.25) is 6.33 Å². The first-order chi connectivity index (χ1) is 6.95. The van der Waals surface area contributed by atoms with Gasteiger partial charge in [0.1, 0.15) is 0 Å². The number of para-hydroxylation sites is 2. The van der Waals surface area contributed by atoms with Gasteiger partial charge in [-0.1, -0.05) is 12.1 Å². The Balaban J connectivity index is 2.33. The van der Waals surface area contributed by atoms with E-state index in [1.165, 1.54) is 17.0 Å². The molecule has 0 aliphatic carbocycles. The minimum absolute atomic E-state index is 1.10. The molecule has 3 aromatic rings. The van der Waals surface area contributed by atoms with E-state index in [1.54, 1.807) is 0 Å². The molecule has 1 N–H and O–H groups in total. The number of rotatable bonds is 1. The molecule has 0 bridgehead atoms. The smallest absolute Gasteiger partial charge is 0.243 e. The van der Waals surface area contributed by atoms with Crippen LogP contribution >= 0.6 is 11.5 Å². The van der Waals surface area contributed by atoms with Crippen molar-refractivity contribution in [2.75, 3.05) is 0 Å². The highest BCUT2D eigenvalue weighted by Crippen LogP contribution is 2.09. The summed E-state index contributed by atoms with van der Waals surface area (Å²) >= 11 is 1.46. The fraction of sp³-hybridized carbons (Fsp3) is 0. The molecule has 0 spiro atoms. The van der Waals surface area contributed by atoms with Crippen LogP contribution < -0.4 is 4.57 Å². The maximum Gasteiger partial charge on any atom is 0.247 e. The lowest BCUT2D eigenvalue weighted by molar-refractivity contribution is -0.566. The lowest BCUT2D eigenvalue weighted by Gasteiger charge is -1.89. The summed E-state index contributed by atoms with van der Waals surface area (Å²) in [6.45, 7) is 0. The third-order valence-corrected chi connectivity index (χ3v) is 2.78. The van der Waals surface area contributed by atoms with Crippen LogP contribution in [0.25, 0.3) is 16.7 Å². The number of fused-ring (bicyclic) bond motifs is 1. The van der Waals surface area contributed by atoms with E-state index in [0.29, 0.717) is 0 Å². The second kappa shape index (κ2) is 2.92. The van der Waals surface area contributed by atoms with Crippen LogP contribution in [0.3, 0.4) is 0 Å². The molecular weight excluding hydrogens is 194 g/mol. The predicted octanol–water partition coefficient (Wildman–Crippen LogP) is 1.90. The molecule has 0 saturated heterocycles. The summed E-state index contributed by atoms with van der Waals surface area (Å²) in [7, 11) is 0. The van der Waals surface area contributed by atoms with Crippen LogP contribution in [0.15, 0.2) is 42.2 Å². The Bertz CT molecular complexity index is 554. The standard InChI is InChI=1S/C10H7N3S/c1-2-4-10-9(3-1)11-7-13(10)8-5-12-14-6-8/h1-7H/p+1. The molecule has 2 aromatic heterocycles. The van der Waals surface area contributed by atoms with Crippen molar-refractivity contribution in [2.24, 2.45) is 0 Å². The summed E-state index contributed by atoms with van der Waals surface area (Å²) in [6, 6.07) is 8.21. The molecule has 3 nitrogen and oxygen atoms in total. The Kier molecular flexibility index (Phi) is 1.61. The molecule has 68 valence electrons. The molecular formula is C10H8N3S+. The topological polar surface area (TPSA) is 32.6 Å². The van der Waals surface area contributed by atoms with Crippen LogP contribution in [0.1, 0.15) is 0 Å². The van der Waals surface area contributed by atoms with Crippen LogP contribution in [0, 0.1) is 0 Å². The molecule has 2 heterocycles. The largest absolute Gasteiger partial charge is 0.247 e. The predicted molar refractivity (Wildman–Crippen MR) is 55.5 cm³/mol. The molecule has 4 heteroatoms. The number of nitrogens with zero attached hydrogens (tertiary/aromatic N) is 2. The van der Waals surface area contributed by atoms with Gasteiger partial charge in [0.25, 0.3) is 0 Å². The molecule has 3 rings (SSSR count). The molecule has 1 aromatic carbocycles. The van der Waals surface area contributed by atoms with E-state index in [4.69, 9.17) is 0 Å². The second-order valence-electron chi connectivity index (χ2n) is 3.04. The van der Waals surface area contributed by atoms with Crippen LogP contribution in [-0.2, 0) is 0 Å². The SMILES string of the molecule is c1ccc2c(c1)[nH]c[n+]2-c1cnsc1. The van der Waals surface area contributed by atoms with E-state index in [-0.39, 0.29) is 0 Å². The van der Waals surface area contributed by atoms with Gasteiger partial charge in [-0.2, -0.15) is 8.94 Å². The minimum Gasteiger partial charge on any atom is -0.243 e. The molecule has 0 fully saturated rings. The first-order valence-electron chi connectivity index (χ1n) is 4.33. The minimum atomic E-state index is 1.10. The fourth-order valence-electron chi connectivity index (χ4n) is 1.54. The number of aromatic nitrogens is 3. The van der Waals surface area contributed by atoms with Crippen molar-refractivity contribution in [1.82, 2.24) is 9.36 Å². The second-order valence-corrected chi connectivity index (χ2v) is 3.70. The van der Waals surface area contributed by atoms with E-state index in [9.17, 15) is 0 Å². The number of H-pyrrole nitrogens is 1. The van der Waals surface area contributed by atoms with Gasteiger partial charge in [0.05, 0.1) is 11.6 Å². The third kappa shape index (κ3) is 1.04. The van der Waals surface area contributed by atoms with E-state index >= 15 is 0 Å². The quantitative estimate of drug-likeness (QED) is 0.601. The zero-order valence-electron chi connectivity index (χ0n) is 7.34. The maximum atomic E-state index is 4.09. The number of hydrogen-bond donors (Lipinski definition) is 1. The molecule has 0 amide bonds. The van der Waals surface area contributed by atoms with Crippen molar-refractivity contribution in [3.8, 4) is 5.69 Å². The van der Waals surface area contributed by atoms with Gasteiger partial charge in [-0.25, -0.2) is 4.98 Å². The van der Waals surface area contributed by atoms with E-state index in [0.717, 1.165) is 11.2 Å². The Morgan fingerprint density at radius 1 is 1.29 bits per heavy atom. The highest BCUT2D eigenvalue weighted by molar-refractivity contribution is 7.03. The molecule has 0 radical (unpaired) electrons. The summed E-state index contributed by atoms with van der Waals surface area (Å²) in [4.78, 5) is 3.22.